The molecule has 0 aromatic heterocycles. The number of rotatable bonds is 3. The van der Waals surface area contributed by atoms with Gasteiger partial charge < -0.3 is 9.84 Å². The summed E-state index contributed by atoms with van der Waals surface area (Å²) in [5.41, 5.74) is 1.55. The molecule has 1 heterocycles. The highest BCUT2D eigenvalue weighted by Gasteiger charge is 2.42. The van der Waals surface area contributed by atoms with E-state index in [2.05, 4.69) is 0 Å². The molecule has 0 unspecified atom stereocenters. The maximum absolute atomic E-state index is 12.1. The Morgan fingerprint density at radius 3 is 2.77 bits per heavy atom. The summed E-state index contributed by atoms with van der Waals surface area (Å²) < 4.78 is 6.73. The first-order valence-electron chi connectivity index (χ1n) is 7.41. The van der Waals surface area contributed by atoms with Crippen LogP contribution in [0.25, 0.3) is 5.57 Å². The van der Waals surface area contributed by atoms with Crippen LogP contribution in [0.15, 0.2) is 48.1 Å². The van der Waals surface area contributed by atoms with E-state index in [1.807, 2.05) is 31.2 Å². The molecule has 2 aliphatic rings. The molecule has 1 aromatic rings. The smallest absolute Gasteiger partial charge is 0.431 e. The minimum atomic E-state index is -0.548. The quantitative estimate of drug-likeness (QED) is 0.689. The van der Waals surface area contributed by atoms with Crippen LogP contribution in [0.5, 0.6) is 0 Å². The molecule has 0 saturated carbocycles. The lowest BCUT2D eigenvalue weighted by Crippen LogP contribution is -2.20. The lowest BCUT2D eigenvalue weighted by Gasteiger charge is -2.12. The maximum Gasteiger partial charge on any atom is 0.431 e. The van der Waals surface area contributed by atoms with Crippen molar-refractivity contribution in [3.8, 4) is 0 Å². The Bertz CT molecular complexity index is 686. The van der Waals surface area contributed by atoms with Gasteiger partial charge in [-0.05, 0) is 18.9 Å². The van der Waals surface area contributed by atoms with Crippen LogP contribution < -0.4 is 0 Å². The highest BCUT2D eigenvalue weighted by Crippen LogP contribution is 2.27. The van der Waals surface area contributed by atoms with Crippen molar-refractivity contribution in [1.29, 1.82) is 0 Å². The van der Waals surface area contributed by atoms with Gasteiger partial charge >= 0.3 is 11.9 Å². The molecule has 3 rings (SSSR count). The summed E-state index contributed by atoms with van der Waals surface area (Å²) in [6.45, 7) is 2.52. The van der Waals surface area contributed by atoms with Gasteiger partial charge in [0.05, 0.1) is 11.3 Å². The summed E-state index contributed by atoms with van der Waals surface area (Å²) in [7, 11) is 0. The van der Waals surface area contributed by atoms with Crippen LogP contribution in [-0.4, -0.2) is 28.1 Å². The fraction of sp³-hybridized carbons (Fsp3) is 0.294. The summed E-state index contributed by atoms with van der Waals surface area (Å²) in [6.07, 6.45) is 4.30. The highest BCUT2D eigenvalue weighted by atomic mass is 16.7. The van der Waals surface area contributed by atoms with Gasteiger partial charge in [-0.15, -0.1) is 0 Å². The van der Waals surface area contributed by atoms with Crippen molar-refractivity contribution >= 4 is 17.3 Å². The second-order valence-electron chi connectivity index (χ2n) is 5.13. The number of benzene rings is 1. The number of aliphatic hydroxyl groups excluding tert-OH is 1. The molecule has 5 nitrogen and oxygen atoms in total. The fourth-order valence-electron chi connectivity index (χ4n) is 2.64. The number of nitrogens with zero attached hydrogens (tertiary/aromatic N) is 1. The van der Waals surface area contributed by atoms with Crippen LogP contribution in [0, 0.1) is 0 Å². The van der Waals surface area contributed by atoms with Gasteiger partial charge in [0.2, 0.25) is 5.71 Å². The molecule has 1 N–H and O–H groups in total. The summed E-state index contributed by atoms with van der Waals surface area (Å²) in [5, 5.41) is 10.4. The molecule has 22 heavy (non-hydrogen) atoms. The molecule has 0 spiro atoms. The summed E-state index contributed by atoms with van der Waals surface area (Å²) in [4.78, 5) is 17.3. The molecule has 114 valence electrons. The molecule has 1 aliphatic carbocycles. The SMILES string of the molecule is CCOC1=C/C(=[N+]2/OC(=O)C(c3ccccc3)=C2O)CCC1. The van der Waals surface area contributed by atoms with Crippen LogP contribution in [0.4, 0.5) is 0 Å². The van der Waals surface area contributed by atoms with Gasteiger partial charge in [0.1, 0.15) is 5.76 Å². The van der Waals surface area contributed by atoms with Gasteiger partial charge in [0.15, 0.2) is 5.57 Å². The van der Waals surface area contributed by atoms with Gasteiger partial charge in [0, 0.05) is 18.9 Å². The molecule has 0 amide bonds. The Morgan fingerprint density at radius 1 is 1.27 bits per heavy atom. The van der Waals surface area contributed by atoms with E-state index < -0.39 is 5.97 Å². The summed E-state index contributed by atoms with van der Waals surface area (Å²) >= 11 is 0. The zero-order valence-electron chi connectivity index (χ0n) is 12.4. The van der Waals surface area contributed by atoms with E-state index in [9.17, 15) is 9.90 Å². The van der Waals surface area contributed by atoms with E-state index in [0.29, 0.717) is 12.2 Å². The van der Waals surface area contributed by atoms with E-state index >= 15 is 0 Å². The molecule has 0 bridgehead atoms. The second-order valence-corrected chi connectivity index (χ2v) is 5.13. The number of aliphatic hydroxyl groups is 1. The Balaban J connectivity index is 2.03. The number of carbonyl (C=O) groups is 1. The third-order valence-corrected chi connectivity index (χ3v) is 3.63. The first-order chi connectivity index (χ1) is 10.7. The van der Waals surface area contributed by atoms with Crippen molar-refractivity contribution in [1.82, 2.24) is 0 Å². The van der Waals surface area contributed by atoms with Crippen molar-refractivity contribution in [2.75, 3.05) is 6.61 Å². The van der Waals surface area contributed by atoms with E-state index in [-0.39, 0.29) is 11.5 Å². The van der Waals surface area contributed by atoms with Crippen LogP contribution >= 0.6 is 0 Å². The molecule has 1 aromatic carbocycles. The molecular formula is C17H18NO4+. The number of carbonyl (C=O) groups excluding carboxylic acids is 1. The molecule has 0 saturated heterocycles. The molecule has 0 atom stereocenters. The molecule has 0 radical (unpaired) electrons. The molecular weight excluding hydrogens is 282 g/mol. The third-order valence-electron chi connectivity index (χ3n) is 3.63. The zero-order valence-corrected chi connectivity index (χ0v) is 12.4. The van der Waals surface area contributed by atoms with Crippen molar-refractivity contribution in [3.63, 3.8) is 0 Å². The van der Waals surface area contributed by atoms with Crippen molar-refractivity contribution in [3.05, 3.63) is 53.6 Å². The van der Waals surface area contributed by atoms with Gasteiger partial charge in [-0.1, -0.05) is 30.3 Å². The number of ether oxygens (including phenoxy) is 1. The molecule has 5 heteroatoms. The van der Waals surface area contributed by atoms with E-state index in [1.54, 1.807) is 12.1 Å². The van der Waals surface area contributed by atoms with E-state index in [4.69, 9.17) is 9.57 Å². The number of hydroxylamine groups is 1. The van der Waals surface area contributed by atoms with Gasteiger partial charge in [0.25, 0.3) is 0 Å². The summed E-state index contributed by atoms with van der Waals surface area (Å²) in [5.74, 6) is 0.133. The van der Waals surface area contributed by atoms with E-state index in [1.165, 1.54) is 4.74 Å². The van der Waals surface area contributed by atoms with Crippen molar-refractivity contribution in [2.24, 2.45) is 0 Å². The second kappa shape index (κ2) is 6.05. The van der Waals surface area contributed by atoms with Gasteiger partial charge in [-0.2, -0.15) is 4.84 Å². The average Bonchev–Trinajstić information content (AvgIpc) is 2.84. The normalized spacial score (nSPS) is 21.7. The van der Waals surface area contributed by atoms with Gasteiger partial charge in [-0.3, -0.25) is 0 Å². The predicted molar refractivity (Wildman–Crippen MR) is 80.9 cm³/mol. The zero-order chi connectivity index (χ0) is 15.5. The van der Waals surface area contributed by atoms with Crippen LogP contribution in [0.3, 0.4) is 0 Å². The Morgan fingerprint density at radius 2 is 2.05 bits per heavy atom. The molecule has 1 aliphatic heterocycles. The van der Waals surface area contributed by atoms with Crippen molar-refractivity contribution < 1.29 is 24.2 Å². The first kappa shape index (κ1) is 14.4. The Hall–Kier alpha value is -2.56. The summed E-state index contributed by atoms with van der Waals surface area (Å²) in [6, 6.07) is 9.01. The number of allylic oxidation sites excluding steroid dienone is 2. The van der Waals surface area contributed by atoms with E-state index in [0.717, 1.165) is 30.7 Å². The largest absolute Gasteiger partial charge is 0.498 e. The standard InChI is InChI=1S/C17H17NO4/c1-2-21-14-10-6-9-13(11-14)18-16(19)15(17(20)22-18)12-7-4-3-5-8-12/h3-5,7-8,11H,2,6,9-10H2,1H3/p+1/b18-13+. The lowest BCUT2D eigenvalue weighted by molar-refractivity contribution is -0.732. The Labute approximate surface area is 128 Å². The molecule has 0 fully saturated rings. The monoisotopic (exact) mass is 300 g/mol. The average molecular weight is 300 g/mol. The van der Waals surface area contributed by atoms with Crippen LogP contribution in [0.2, 0.25) is 0 Å². The van der Waals surface area contributed by atoms with Gasteiger partial charge in [-0.25, -0.2) is 4.79 Å². The highest BCUT2D eigenvalue weighted by molar-refractivity contribution is 6.17. The fourth-order valence-corrected chi connectivity index (χ4v) is 2.64. The minimum absolute atomic E-state index is 0.166. The first-order valence-corrected chi connectivity index (χ1v) is 7.41. The van der Waals surface area contributed by atoms with Crippen LogP contribution in [0.1, 0.15) is 31.7 Å². The van der Waals surface area contributed by atoms with Crippen LogP contribution in [-0.2, 0) is 14.4 Å². The third kappa shape index (κ3) is 2.62. The maximum atomic E-state index is 12.1. The number of hydrogen-bond acceptors (Lipinski definition) is 4. The minimum Gasteiger partial charge on any atom is -0.498 e. The topological polar surface area (TPSA) is 58.8 Å². The van der Waals surface area contributed by atoms with Crippen molar-refractivity contribution in [2.45, 2.75) is 26.2 Å². The lowest BCUT2D eigenvalue weighted by atomic mass is 10.0. The Kier molecular flexibility index (Phi) is 3.96. The number of hydrogen-bond donors (Lipinski definition) is 1. The predicted octanol–water partition coefficient (Wildman–Crippen LogP) is 2.94.